The Balaban J connectivity index is 0.907. The first-order chi connectivity index (χ1) is 45.5. The van der Waals surface area contributed by atoms with Crippen molar-refractivity contribution in [2.75, 3.05) is 9.80 Å². The third-order valence-corrected chi connectivity index (χ3v) is 20.3. The molecule has 2 aliphatic rings. The summed E-state index contributed by atoms with van der Waals surface area (Å²) in [7, 11) is 0. The largest absolute Gasteiger partial charge is 0.268 e. The van der Waals surface area contributed by atoms with Crippen LogP contribution in [0.3, 0.4) is 0 Å². The molecule has 0 aliphatic carbocycles. The van der Waals surface area contributed by atoms with Crippen molar-refractivity contribution in [1.29, 1.82) is 0 Å². The number of hydrogen-bond acceptors (Lipinski definition) is 4. The van der Waals surface area contributed by atoms with E-state index in [-0.39, 0.29) is 47.3 Å². The molecule has 0 atom stereocenters. The van der Waals surface area contributed by atoms with Gasteiger partial charge in [0.1, 0.15) is 0 Å². The zero-order valence-electron chi connectivity index (χ0n) is 53.8. The molecule has 6 nitrogen and oxygen atoms in total. The van der Waals surface area contributed by atoms with Crippen molar-refractivity contribution in [2.24, 2.45) is 0 Å². The van der Waals surface area contributed by atoms with Crippen LogP contribution >= 0.6 is 0 Å². The lowest BCUT2D eigenvalue weighted by Gasteiger charge is -2.32. The minimum absolute atomic E-state index is 0.0546. The summed E-state index contributed by atoms with van der Waals surface area (Å²) in [5.74, 6) is -1.05. The zero-order chi connectivity index (χ0) is 64.3. The fraction of sp³-hybridized carbons (Fsp3) is 0.136. The van der Waals surface area contributed by atoms with Crippen LogP contribution in [0.2, 0.25) is 0 Å². The standard InChI is InChI=1S/C88H66N2O4/c1-47(2)73-11-9-12-74(48(3)4)83(73)89-85(91)77-43-67-39-71-40-68(44-78(81(71)77)86(89)92)64-28-24-56-32-52(16-20-60(56)36-64)54-18-22-62-38-66(30-26-58(62)34-54)70-42-72-41-69(65-29-25-57-33-53(17-21-61(57)37-65)51-15-19-59-35-63(67)27-23-55(59)31-51)45-79-82(72)80(46-70)88(94)90(87(79)93)84-75(49(5)6)13-10-14-76(84)50(7)8/h9-50H,1-8H3. The number of carbonyl (C=O) groups excluding carboxylic acids is 4. The van der Waals surface area contributed by atoms with E-state index >= 15 is 19.2 Å². The molecule has 0 saturated carbocycles. The summed E-state index contributed by atoms with van der Waals surface area (Å²) in [5, 5.41) is 23.3. The highest BCUT2D eigenvalue weighted by molar-refractivity contribution is 6.39. The lowest BCUT2D eigenvalue weighted by atomic mass is 9.87. The van der Waals surface area contributed by atoms with Crippen molar-refractivity contribution in [3.8, 4) is 0 Å². The number of carbonyl (C=O) groups is 4. The first-order valence-corrected chi connectivity index (χ1v) is 32.9. The monoisotopic (exact) mass is 1210 g/mol. The molecule has 0 N–H and O–H groups in total. The van der Waals surface area contributed by atoms with Gasteiger partial charge in [-0.05, 0) is 261 Å². The van der Waals surface area contributed by atoms with Gasteiger partial charge in [-0.2, -0.15) is 0 Å². The third-order valence-electron chi connectivity index (χ3n) is 20.3. The van der Waals surface area contributed by atoms with Gasteiger partial charge in [0.15, 0.2) is 0 Å². The molecule has 4 amide bonds. The van der Waals surface area contributed by atoms with E-state index in [0.29, 0.717) is 44.4 Å². The van der Waals surface area contributed by atoms with Gasteiger partial charge in [0.05, 0.1) is 11.4 Å². The maximum Gasteiger partial charge on any atom is 0.266 e. The lowest BCUT2D eigenvalue weighted by Crippen LogP contribution is -2.41. The second-order valence-corrected chi connectivity index (χ2v) is 27.5. The zero-order valence-corrected chi connectivity index (χ0v) is 53.8. The molecule has 29 aromatic carbocycles. The SMILES string of the molecule is CC(C)c1cccc(C(C)C)c1N1C(=O)c2cc3cc4cc(cc(c24)C1=O)c1ccc2cc(ccc2c1)c1ccc2cc(ccc2c1)c1cc2c4c(cc(cc4c1)c1ccc4cc(ccc4c1)c1ccc4cc3ccc4c1)C(=O)N(c1c(C(C)C)cccc1C(C)C)C2=O. The van der Waals surface area contributed by atoms with E-state index < -0.39 is 0 Å². The van der Waals surface area contributed by atoms with Gasteiger partial charge in [0.2, 0.25) is 0 Å². The smallest absolute Gasteiger partial charge is 0.266 e. The van der Waals surface area contributed by atoms with Crippen molar-refractivity contribution < 1.29 is 19.2 Å². The minimum Gasteiger partial charge on any atom is -0.268 e. The Labute approximate surface area is 544 Å². The molecule has 31 rings (SSSR count). The fourth-order valence-corrected chi connectivity index (χ4v) is 15.4. The van der Waals surface area contributed by atoms with Crippen molar-refractivity contribution in [3.05, 3.63) is 275 Å². The van der Waals surface area contributed by atoms with Gasteiger partial charge in [0, 0.05) is 33.0 Å². The Morgan fingerprint density at radius 3 is 0.532 bits per heavy atom. The molecule has 452 valence electrons. The number of nitrogens with zero attached hydrogens (tertiary/aromatic N) is 2. The van der Waals surface area contributed by atoms with Crippen LogP contribution in [-0.2, 0) is 0 Å². The Hall–Kier alpha value is -11.1. The number of amides is 4. The summed E-state index contributed by atoms with van der Waals surface area (Å²) in [6.07, 6.45) is 0. The summed E-state index contributed by atoms with van der Waals surface area (Å²) in [5.41, 5.74) is 7.22. The Bertz CT molecular complexity index is 5380. The molecule has 2 aliphatic heterocycles. The first-order valence-electron chi connectivity index (χ1n) is 32.9. The van der Waals surface area contributed by atoms with Gasteiger partial charge in [0.25, 0.3) is 23.6 Å². The second-order valence-electron chi connectivity index (χ2n) is 27.5. The summed E-state index contributed by atoms with van der Waals surface area (Å²) >= 11 is 0. The predicted molar refractivity (Wildman–Crippen MR) is 394 cm³/mol. The lowest BCUT2D eigenvalue weighted by molar-refractivity contribution is 0.0877. The first kappa shape index (κ1) is 56.9. The van der Waals surface area contributed by atoms with Gasteiger partial charge in [-0.1, -0.05) is 189 Å². The number of imide groups is 2. The average Bonchev–Trinajstić information content (AvgIpc) is 0.725. The van der Waals surface area contributed by atoms with Gasteiger partial charge < -0.3 is 0 Å². The van der Waals surface area contributed by atoms with Crippen LogP contribution in [0.1, 0.15) is 143 Å². The van der Waals surface area contributed by atoms with Crippen LogP contribution < -0.4 is 9.80 Å². The molecular weight excluding hydrogens is 1150 g/mol. The van der Waals surface area contributed by atoms with Crippen LogP contribution in [0.15, 0.2) is 231 Å². The summed E-state index contributed by atoms with van der Waals surface area (Å²) in [6.45, 7) is 17.0. The Kier molecular flexibility index (Phi) is 12.8. The number of para-hydroxylation sites is 2. The highest BCUT2D eigenvalue weighted by atomic mass is 16.2. The van der Waals surface area contributed by atoms with Crippen LogP contribution in [0, 0.1) is 0 Å². The molecular formula is C88H66N2O4. The van der Waals surface area contributed by atoms with E-state index in [1.165, 1.54) is 9.80 Å². The van der Waals surface area contributed by atoms with Crippen molar-refractivity contribution in [3.63, 3.8) is 0 Å². The number of anilines is 2. The molecule has 6 heteroatoms. The van der Waals surface area contributed by atoms with E-state index in [4.69, 9.17) is 0 Å². The van der Waals surface area contributed by atoms with Gasteiger partial charge in [-0.15, -0.1) is 0 Å². The van der Waals surface area contributed by atoms with Crippen LogP contribution in [0.4, 0.5) is 11.4 Å². The quantitative estimate of drug-likeness (QED) is 0.156. The van der Waals surface area contributed by atoms with Crippen LogP contribution in [0.25, 0.3) is 129 Å². The second kappa shape index (κ2) is 21.2. The van der Waals surface area contributed by atoms with Crippen LogP contribution in [0.5, 0.6) is 0 Å². The Morgan fingerprint density at radius 1 is 0.202 bits per heavy atom. The number of benzene rings is 14. The normalized spacial score (nSPS) is 13.5. The molecule has 0 unspecified atom stereocenters. The molecule has 0 aromatic heterocycles. The summed E-state index contributed by atoms with van der Waals surface area (Å²) < 4.78 is 0. The topological polar surface area (TPSA) is 74.8 Å². The van der Waals surface area contributed by atoms with Crippen LogP contribution in [-0.4, -0.2) is 23.6 Å². The van der Waals surface area contributed by atoms with Gasteiger partial charge in [-0.25, -0.2) is 9.80 Å². The maximum atomic E-state index is 15.5. The van der Waals surface area contributed by atoms with Crippen molar-refractivity contribution >= 4 is 164 Å². The molecule has 0 saturated heterocycles. The van der Waals surface area contributed by atoms with Crippen molar-refractivity contribution in [2.45, 2.75) is 79.1 Å². The highest BCUT2D eigenvalue weighted by Crippen LogP contribution is 2.45. The highest BCUT2D eigenvalue weighted by Gasteiger charge is 2.39. The molecule has 2 heterocycles. The fourth-order valence-electron chi connectivity index (χ4n) is 15.4. The van der Waals surface area contributed by atoms with E-state index in [1.54, 1.807) is 0 Å². The van der Waals surface area contributed by atoms with E-state index in [1.807, 2.05) is 36.4 Å². The Morgan fingerprint density at radius 2 is 0.362 bits per heavy atom. The minimum atomic E-state index is -0.318. The molecule has 0 fully saturated rings. The van der Waals surface area contributed by atoms with Gasteiger partial charge in [-0.3, -0.25) is 19.2 Å². The van der Waals surface area contributed by atoms with E-state index in [9.17, 15) is 0 Å². The molecule has 0 radical (unpaired) electrons. The molecule has 0 spiro atoms. The summed E-state index contributed by atoms with van der Waals surface area (Å²) in [4.78, 5) is 64.9. The molecule has 94 heavy (non-hydrogen) atoms. The van der Waals surface area contributed by atoms with Gasteiger partial charge >= 0.3 is 0 Å². The average molecular weight is 1220 g/mol. The third kappa shape index (κ3) is 8.90. The van der Waals surface area contributed by atoms with Crippen molar-refractivity contribution in [1.82, 2.24) is 0 Å². The number of rotatable bonds is 6. The maximum absolute atomic E-state index is 15.5. The van der Waals surface area contributed by atoms with E-state index in [2.05, 4.69) is 250 Å². The number of hydrogen-bond donors (Lipinski definition) is 0. The molecule has 29 aromatic rings. The van der Waals surface area contributed by atoms with E-state index in [0.717, 1.165) is 141 Å². The molecule has 22 bridgehead atoms. The predicted octanol–water partition coefficient (Wildman–Crippen LogP) is 23.3. The summed E-state index contributed by atoms with van der Waals surface area (Å²) in [6, 6.07) is 81.3.